The first-order valence-corrected chi connectivity index (χ1v) is 7.35. The minimum absolute atomic E-state index is 0.0419. The van der Waals surface area contributed by atoms with E-state index in [1.807, 2.05) is 0 Å². The van der Waals surface area contributed by atoms with Crippen LogP contribution in [-0.4, -0.2) is 21.7 Å². The van der Waals surface area contributed by atoms with Crippen molar-refractivity contribution < 1.29 is 14.0 Å². The van der Waals surface area contributed by atoms with Gasteiger partial charge in [0.15, 0.2) is 0 Å². The van der Waals surface area contributed by atoms with E-state index in [4.69, 9.17) is 0 Å². The fraction of sp³-hybridized carbons (Fsp3) is 0.0588. The number of hydrogen-bond acceptors (Lipinski definition) is 4. The van der Waals surface area contributed by atoms with E-state index in [9.17, 15) is 18.8 Å². The Morgan fingerprint density at radius 3 is 2.60 bits per heavy atom. The number of aromatic nitrogens is 2. The first-order chi connectivity index (χ1) is 12.0. The van der Waals surface area contributed by atoms with Gasteiger partial charge in [-0.25, -0.2) is 9.18 Å². The number of nitrogens with zero attached hydrogens (tertiary/aromatic N) is 2. The van der Waals surface area contributed by atoms with Gasteiger partial charge >= 0.3 is 6.03 Å². The third kappa shape index (κ3) is 3.69. The van der Waals surface area contributed by atoms with E-state index in [1.54, 1.807) is 30.3 Å². The van der Waals surface area contributed by atoms with Gasteiger partial charge in [0.2, 0.25) is 11.3 Å². The Bertz CT molecular complexity index is 1020. The number of anilines is 1. The van der Waals surface area contributed by atoms with Crippen molar-refractivity contribution in [2.45, 2.75) is 6.54 Å². The number of carbonyl (C=O) groups excluding carboxylic acids is 2. The number of imide groups is 1. The van der Waals surface area contributed by atoms with E-state index in [2.05, 4.69) is 15.7 Å². The highest BCUT2D eigenvalue weighted by Crippen LogP contribution is 2.12. The molecule has 1 aromatic heterocycles. The molecule has 7 nitrogen and oxygen atoms in total. The van der Waals surface area contributed by atoms with Crippen LogP contribution in [0.2, 0.25) is 0 Å². The lowest BCUT2D eigenvalue weighted by Crippen LogP contribution is -2.37. The number of benzene rings is 2. The highest BCUT2D eigenvalue weighted by Gasteiger charge is 2.12. The topological polar surface area (TPSA) is 93.1 Å². The standard InChI is InChI=1S/C17H13FN4O3/c18-12-6-2-3-7-13(12)20-17(25)21-16(24)10-22-14-8-4-1-5-11(14)15(23)9-19-22/h1-9H,10H2,(H2,20,21,24,25). The van der Waals surface area contributed by atoms with E-state index in [0.29, 0.717) is 10.9 Å². The molecule has 0 saturated heterocycles. The number of amides is 3. The first kappa shape index (κ1) is 16.3. The largest absolute Gasteiger partial charge is 0.326 e. The van der Waals surface area contributed by atoms with Crippen LogP contribution >= 0.6 is 0 Å². The number of nitrogens with one attached hydrogen (secondary N) is 2. The number of halogens is 1. The second-order valence-corrected chi connectivity index (χ2v) is 5.17. The normalized spacial score (nSPS) is 10.4. The molecule has 1 heterocycles. The van der Waals surface area contributed by atoms with Gasteiger partial charge in [-0.1, -0.05) is 24.3 Å². The Balaban J connectivity index is 1.71. The summed E-state index contributed by atoms with van der Waals surface area (Å²) in [6.45, 7) is -0.272. The monoisotopic (exact) mass is 340 g/mol. The van der Waals surface area contributed by atoms with Crippen LogP contribution in [0, 0.1) is 5.82 Å². The van der Waals surface area contributed by atoms with Gasteiger partial charge in [-0.15, -0.1) is 0 Å². The predicted octanol–water partition coefficient (Wildman–Crippen LogP) is 1.88. The molecule has 2 N–H and O–H groups in total. The van der Waals surface area contributed by atoms with Crippen molar-refractivity contribution in [3.63, 3.8) is 0 Å². The number of para-hydroxylation sites is 2. The highest BCUT2D eigenvalue weighted by molar-refractivity contribution is 6.01. The maximum Gasteiger partial charge on any atom is 0.326 e. The summed E-state index contributed by atoms with van der Waals surface area (Å²) in [6, 6.07) is 11.4. The summed E-state index contributed by atoms with van der Waals surface area (Å²) >= 11 is 0. The second-order valence-electron chi connectivity index (χ2n) is 5.17. The molecule has 0 radical (unpaired) electrons. The van der Waals surface area contributed by atoms with Crippen molar-refractivity contribution in [2.24, 2.45) is 0 Å². The summed E-state index contributed by atoms with van der Waals surface area (Å²) in [5, 5.41) is 8.66. The van der Waals surface area contributed by atoms with Crippen molar-refractivity contribution >= 4 is 28.5 Å². The Labute approximate surface area is 141 Å². The summed E-state index contributed by atoms with van der Waals surface area (Å²) in [5.41, 5.74) is 0.170. The molecule has 3 rings (SSSR count). The molecule has 126 valence electrons. The zero-order valence-electron chi connectivity index (χ0n) is 12.9. The van der Waals surface area contributed by atoms with Gasteiger partial charge in [0, 0.05) is 5.39 Å². The Kier molecular flexibility index (Phi) is 4.51. The maximum atomic E-state index is 13.5. The van der Waals surface area contributed by atoms with Crippen LogP contribution in [0.15, 0.2) is 59.5 Å². The molecule has 0 spiro atoms. The molecular formula is C17H13FN4O3. The second kappa shape index (κ2) is 6.91. The fourth-order valence-electron chi connectivity index (χ4n) is 2.31. The van der Waals surface area contributed by atoms with Crippen molar-refractivity contribution in [3.05, 3.63) is 70.8 Å². The summed E-state index contributed by atoms with van der Waals surface area (Å²) in [7, 11) is 0. The number of hydrogen-bond donors (Lipinski definition) is 2. The Morgan fingerprint density at radius 1 is 1.08 bits per heavy atom. The zero-order valence-corrected chi connectivity index (χ0v) is 12.9. The van der Waals surface area contributed by atoms with Crippen LogP contribution in [0.1, 0.15) is 0 Å². The highest BCUT2D eigenvalue weighted by atomic mass is 19.1. The van der Waals surface area contributed by atoms with Gasteiger partial charge in [0.05, 0.1) is 17.4 Å². The molecule has 0 fully saturated rings. The maximum absolute atomic E-state index is 13.5. The van der Waals surface area contributed by atoms with Crippen LogP contribution < -0.4 is 16.1 Å². The minimum atomic E-state index is -0.861. The van der Waals surface area contributed by atoms with E-state index < -0.39 is 17.8 Å². The SMILES string of the molecule is O=C(Cn1ncc(=O)c2ccccc21)NC(=O)Nc1ccccc1F. The van der Waals surface area contributed by atoms with E-state index in [0.717, 1.165) is 6.20 Å². The molecular weight excluding hydrogens is 327 g/mol. The van der Waals surface area contributed by atoms with Gasteiger partial charge in [-0.2, -0.15) is 5.10 Å². The number of fused-ring (bicyclic) bond motifs is 1. The summed E-state index contributed by atoms with van der Waals surface area (Å²) in [4.78, 5) is 35.6. The molecule has 0 unspecified atom stereocenters. The predicted molar refractivity (Wildman–Crippen MR) is 89.6 cm³/mol. The third-order valence-corrected chi connectivity index (χ3v) is 3.43. The molecule has 3 amide bonds. The number of carbonyl (C=O) groups is 2. The van der Waals surface area contributed by atoms with E-state index >= 15 is 0 Å². The van der Waals surface area contributed by atoms with Crippen LogP contribution in [0.5, 0.6) is 0 Å². The molecule has 25 heavy (non-hydrogen) atoms. The van der Waals surface area contributed by atoms with Crippen LogP contribution in [0.4, 0.5) is 14.9 Å². The summed E-state index contributed by atoms with van der Waals surface area (Å²) in [6.07, 6.45) is 1.11. The molecule has 0 aliphatic heterocycles. The molecule has 0 aliphatic carbocycles. The van der Waals surface area contributed by atoms with Crippen molar-refractivity contribution in [1.29, 1.82) is 0 Å². The molecule has 0 aliphatic rings. The lowest BCUT2D eigenvalue weighted by molar-refractivity contribution is -0.120. The summed E-state index contributed by atoms with van der Waals surface area (Å²) < 4.78 is 14.8. The average molecular weight is 340 g/mol. The molecule has 0 bridgehead atoms. The average Bonchev–Trinajstić information content (AvgIpc) is 2.59. The molecule has 3 aromatic rings. The van der Waals surface area contributed by atoms with Crippen LogP contribution in [-0.2, 0) is 11.3 Å². The minimum Gasteiger partial charge on any atom is -0.305 e. The van der Waals surface area contributed by atoms with Gasteiger partial charge in [-0.05, 0) is 24.3 Å². The lowest BCUT2D eigenvalue weighted by atomic mass is 10.2. The number of rotatable bonds is 3. The number of urea groups is 1. The van der Waals surface area contributed by atoms with Crippen molar-refractivity contribution in [3.8, 4) is 0 Å². The lowest BCUT2D eigenvalue weighted by Gasteiger charge is -2.10. The van der Waals surface area contributed by atoms with E-state index in [-0.39, 0.29) is 17.7 Å². The Hall–Kier alpha value is -3.55. The van der Waals surface area contributed by atoms with Crippen LogP contribution in [0.25, 0.3) is 10.9 Å². The van der Waals surface area contributed by atoms with Crippen molar-refractivity contribution in [1.82, 2.24) is 15.1 Å². The third-order valence-electron chi connectivity index (χ3n) is 3.43. The molecule has 8 heteroatoms. The zero-order chi connectivity index (χ0) is 17.8. The van der Waals surface area contributed by atoms with Crippen molar-refractivity contribution in [2.75, 3.05) is 5.32 Å². The quantitative estimate of drug-likeness (QED) is 0.761. The van der Waals surface area contributed by atoms with E-state index in [1.165, 1.54) is 22.9 Å². The smallest absolute Gasteiger partial charge is 0.305 e. The van der Waals surface area contributed by atoms with Gasteiger partial charge in [0.25, 0.3) is 0 Å². The van der Waals surface area contributed by atoms with Gasteiger partial charge in [0.1, 0.15) is 12.4 Å². The summed E-state index contributed by atoms with van der Waals surface area (Å²) in [5.74, 6) is -1.27. The Morgan fingerprint density at radius 2 is 1.80 bits per heavy atom. The van der Waals surface area contributed by atoms with Crippen LogP contribution in [0.3, 0.4) is 0 Å². The molecule has 2 aromatic carbocycles. The fourth-order valence-corrected chi connectivity index (χ4v) is 2.31. The van der Waals surface area contributed by atoms with Gasteiger partial charge < -0.3 is 5.32 Å². The first-order valence-electron chi connectivity index (χ1n) is 7.35. The molecule has 0 saturated carbocycles. The van der Waals surface area contributed by atoms with Gasteiger partial charge in [-0.3, -0.25) is 19.6 Å². The molecule has 0 atom stereocenters.